The van der Waals surface area contributed by atoms with Gasteiger partial charge in [-0.15, -0.1) is 11.6 Å². The van der Waals surface area contributed by atoms with Gasteiger partial charge in [0, 0.05) is 30.7 Å². The molecule has 2 rings (SSSR count). The number of nitrogens with one attached hydrogen (secondary N) is 1. The van der Waals surface area contributed by atoms with E-state index in [4.69, 9.17) is 11.6 Å². The number of aromatic nitrogens is 3. The molecule has 0 saturated heterocycles. The third-order valence-electron chi connectivity index (χ3n) is 3.24. The standard InChI is InChI=1S/C14H17ClN4O2/c1-9(15)10(2)19-8-11(13(18-19)14(20)21)6-17-12-4-3-5-16-7-12/h3-5,7-10,17H,6H2,1-2H3,(H,20,21)/t9?,10-/m0/s1. The molecule has 2 heterocycles. The number of aromatic carboxylic acids is 1. The van der Waals surface area contributed by atoms with Crippen molar-refractivity contribution < 1.29 is 9.90 Å². The highest BCUT2D eigenvalue weighted by molar-refractivity contribution is 6.20. The number of carboxylic acids is 1. The molecule has 0 radical (unpaired) electrons. The van der Waals surface area contributed by atoms with Gasteiger partial charge in [-0.25, -0.2) is 4.79 Å². The van der Waals surface area contributed by atoms with E-state index in [1.165, 1.54) is 0 Å². The molecule has 0 aliphatic carbocycles. The summed E-state index contributed by atoms with van der Waals surface area (Å²) < 4.78 is 1.60. The van der Waals surface area contributed by atoms with Crippen molar-refractivity contribution in [2.45, 2.75) is 31.8 Å². The van der Waals surface area contributed by atoms with Crippen LogP contribution in [0.3, 0.4) is 0 Å². The van der Waals surface area contributed by atoms with Gasteiger partial charge in [-0.1, -0.05) is 0 Å². The summed E-state index contributed by atoms with van der Waals surface area (Å²) in [7, 11) is 0. The van der Waals surface area contributed by atoms with Gasteiger partial charge in [-0.3, -0.25) is 9.67 Å². The molecule has 2 atom stereocenters. The monoisotopic (exact) mass is 308 g/mol. The normalized spacial score (nSPS) is 13.7. The SMILES string of the molecule is CC(Cl)[C@H](C)n1cc(CNc2cccnc2)c(C(=O)O)n1. The molecule has 0 saturated carbocycles. The van der Waals surface area contributed by atoms with Gasteiger partial charge in [0.25, 0.3) is 0 Å². The van der Waals surface area contributed by atoms with Crippen molar-refractivity contribution in [2.24, 2.45) is 0 Å². The van der Waals surface area contributed by atoms with Gasteiger partial charge in [0.1, 0.15) is 0 Å². The second-order valence-corrected chi connectivity index (χ2v) is 5.49. The van der Waals surface area contributed by atoms with E-state index in [1.54, 1.807) is 29.3 Å². The lowest BCUT2D eigenvalue weighted by Crippen LogP contribution is -2.15. The molecule has 6 nitrogen and oxygen atoms in total. The predicted octanol–water partition coefficient (Wildman–Crippen LogP) is 2.78. The zero-order chi connectivity index (χ0) is 15.4. The van der Waals surface area contributed by atoms with Crippen LogP contribution in [0.25, 0.3) is 0 Å². The Balaban J connectivity index is 2.19. The molecule has 0 amide bonds. The topological polar surface area (TPSA) is 80.0 Å². The number of carboxylic acid groups (broad SMARTS) is 1. The number of halogens is 1. The molecule has 0 aromatic carbocycles. The van der Waals surface area contributed by atoms with E-state index in [-0.39, 0.29) is 17.1 Å². The molecule has 0 aliphatic heterocycles. The third-order valence-corrected chi connectivity index (χ3v) is 3.60. The highest BCUT2D eigenvalue weighted by Crippen LogP contribution is 2.19. The maximum absolute atomic E-state index is 11.3. The first-order chi connectivity index (χ1) is 9.99. The first-order valence-corrected chi connectivity index (χ1v) is 7.02. The number of hydrogen-bond acceptors (Lipinski definition) is 4. The third kappa shape index (κ3) is 3.72. The van der Waals surface area contributed by atoms with Crippen LogP contribution in [0.15, 0.2) is 30.7 Å². The lowest BCUT2D eigenvalue weighted by molar-refractivity contribution is 0.0688. The summed E-state index contributed by atoms with van der Waals surface area (Å²) >= 11 is 6.04. The summed E-state index contributed by atoms with van der Waals surface area (Å²) in [4.78, 5) is 15.3. The van der Waals surface area contributed by atoms with Crippen molar-refractivity contribution in [2.75, 3.05) is 5.32 Å². The minimum absolute atomic E-state index is 0.0376. The van der Waals surface area contributed by atoms with Gasteiger partial charge in [0.05, 0.1) is 17.1 Å². The minimum atomic E-state index is -1.05. The fourth-order valence-electron chi connectivity index (χ4n) is 1.82. The van der Waals surface area contributed by atoms with Gasteiger partial charge in [0.2, 0.25) is 0 Å². The lowest BCUT2D eigenvalue weighted by atomic mass is 10.2. The Morgan fingerprint density at radius 2 is 2.29 bits per heavy atom. The van der Waals surface area contributed by atoms with Crippen LogP contribution in [-0.4, -0.2) is 31.2 Å². The zero-order valence-electron chi connectivity index (χ0n) is 11.8. The van der Waals surface area contributed by atoms with Crippen LogP contribution in [0.5, 0.6) is 0 Å². The highest BCUT2D eigenvalue weighted by Gasteiger charge is 2.20. The van der Waals surface area contributed by atoms with E-state index in [1.807, 2.05) is 19.9 Å². The zero-order valence-corrected chi connectivity index (χ0v) is 12.6. The summed E-state index contributed by atoms with van der Waals surface area (Å²) in [5.74, 6) is -1.05. The Kier molecular flexibility index (Phi) is 4.80. The number of pyridine rings is 1. The molecule has 0 aliphatic rings. The maximum Gasteiger partial charge on any atom is 0.356 e. The summed E-state index contributed by atoms with van der Waals surface area (Å²) in [6, 6.07) is 3.58. The van der Waals surface area contributed by atoms with Crippen molar-refractivity contribution in [3.05, 3.63) is 42.0 Å². The van der Waals surface area contributed by atoms with Gasteiger partial charge >= 0.3 is 5.97 Å². The van der Waals surface area contributed by atoms with E-state index >= 15 is 0 Å². The molecular formula is C14H17ClN4O2. The van der Waals surface area contributed by atoms with Gasteiger partial charge in [-0.2, -0.15) is 5.10 Å². The number of alkyl halides is 1. The number of hydrogen-bond donors (Lipinski definition) is 2. The van der Waals surface area contributed by atoms with E-state index in [0.717, 1.165) is 5.69 Å². The van der Waals surface area contributed by atoms with Crippen molar-refractivity contribution in [3.63, 3.8) is 0 Å². The molecule has 21 heavy (non-hydrogen) atoms. The second-order valence-electron chi connectivity index (χ2n) is 4.80. The van der Waals surface area contributed by atoms with E-state index in [2.05, 4.69) is 15.4 Å². The molecule has 7 heteroatoms. The minimum Gasteiger partial charge on any atom is -0.476 e. The van der Waals surface area contributed by atoms with Crippen LogP contribution in [0.2, 0.25) is 0 Å². The van der Waals surface area contributed by atoms with Crippen molar-refractivity contribution in [1.29, 1.82) is 0 Å². The quantitative estimate of drug-likeness (QED) is 0.802. The Morgan fingerprint density at radius 3 is 2.86 bits per heavy atom. The van der Waals surface area contributed by atoms with Crippen LogP contribution in [0.4, 0.5) is 5.69 Å². The van der Waals surface area contributed by atoms with Crippen molar-refractivity contribution in [3.8, 4) is 0 Å². The largest absolute Gasteiger partial charge is 0.476 e. The number of anilines is 1. The Hall–Kier alpha value is -2.08. The van der Waals surface area contributed by atoms with Gasteiger partial charge in [-0.05, 0) is 26.0 Å². The summed E-state index contributed by atoms with van der Waals surface area (Å²) in [6.07, 6.45) is 5.07. The summed E-state index contributed by atoms with van der Waals surface area (Å²) in [5.41, 5.74) is 1.46. The first kappa shape index (κ1) is 15.3. The number of nitrogens with zero attached hydrogens (tertiary/aromatic N) is 3. The highest BCUT2D eigenvalue weighted by atomic mass is 35.5. The molecular weight excluding hydrogens is 292 g/mol. The van der Waals surface area contributed by atoms with E-state index < -0.39 is 5.97 Å². The first-order valence-electron chi connectivity index (χ1n) is 6.58. The lowest BCUT2D eigenvalue weighted by Gasteiger charge is -2.13. The molecule has 0 spiro atoms. The Morgan fingerprint density at radius 1 is 1.52 bits per heavy atom. The summed E-state index contributed by atoms with van der Waals surface area (Å²) in [6.45, 7) is 4.10. The van der Waals surface area contributed by atoms with Crippen molar-refractivity contribution in [1.82, 2.24) is 14.8 Å². The molecule has 0 bridgehead atoms. The van der Waals surface area contributed by atoms with Crippen LogP contribution in [-0.2, 0) is 6.54 Å². The van der Waals surface area contributed by atoms with Crippen LogP contribution in [0, 0.1) is 0 Å². The van der Waals surface area contributed by atoms with Gasteiger partial charge in [0.15, 0.2) is 5.69 Å². The van der Waals surface area contributed by atoms with Crippen molar-refractivity contribution >= 4 is 23.3 Å². The number of carbonyl (C=O) groups is 1. The maximum atomic E-state index is 11.3. The smallest absolute Gasteiger partial charge is 0.356 e. The van der Waals surface area contributed by atoms with Crippen LogP contribution < -0.4 is 5.32 Å². The molecule has 0 fully saturated rings. The molecule has 2 aromatic rings. The van der Waals surface area contributed by atoms with Crippen LogP contribution in [0.1, 0.15) is 35.9 Å². The Labute approximate surface area is 127 Å². The van der Waals surface area contributed by atoms with Gasteiger partial charge < -0.3 is 10.4 Å². The molecule has 112 valence electrons. The predicted molar refractivity (Wildman–Crippen MR) is 80.8 cm³/mol. The fraction of sp³-hybridized carbons (Fsp3) is 0.357. The second kappa shape index (κ2) is 6.58. The number of rotatable bonds is 6. The molecule has 2 N–H and O–H groups in total. The van der Waals surface area contributed by atoms with Crippen LogP contribution >= 0.6 is 11.6 Å². The average molecular weight is 309 g/mol. The van der Waals surface area contributed by atoms with E-state index in [0.29, 0.717) is 12.1 Å². The Bertz CT molecular complexity index is 613. The average Bonchev–Trinajstić information content (AvgIpc) is 2.89. The summed E-state index contributed by atoms with van der Waals surface area (Å²) in [5, 5.41) is 16.3. The fourth-order valence-corrected chi connectivity index (χ4v) is 1.94. The molecule has 2 aromatic heterocycles. The van der Waals surface area contributed by atoms with E-state index in [9.17, 15) is 9.90 Å². The molecule has 1 unspecified atom stereocenters.